The van der Waals surface area contributed by atoms with E-state index >= 15 is 0 Å². The Kier molecular flexibility index (Phi) is 8.91. The van der Waals surface area contributed by atoms with Gasteiger partial charge >= 0.3 is 0 Å². The molecule has 0 aliphatic rings. The van der Waals surface area contributed by atoms with E-state index in [9.17, 15) is 14.4 Å². The molecule has 3 amide bonds. The molecule has 0 spiro atoms. The van der Waals surface area contributed by atoms with E-state index in [0.717, 1.165) is 16.7 Å². The number of hydrogen-bond acceptors (Lipinski definition) is 4. The first-order valence-corrected chi connectivity index (χ1v) is 11.3. The highest BCUT2D eigenvalue weighted by Crippen LogP contribution is 2.22. The van der Waals surface area contributed by atoms with Crippen molar-refractivity contribution in [3.8, 4) is 0 Å². The lowest BCUT2D eigenvalue weighted by Gasteiger charge is -2.24. The number of nitrogens with zero attached hydrogens (tertiary/aromatic N) is 2. The van der Waals surface area contributed by atoms with E-state index in [2.05, 4.69) is 15.6 Å². The van der Waals surface area contributed by atoms with Crippen molar-refractivity contribution in [3.63, 3.8) is 0 Å². The summed E-state index contributed by atoms with van der Waals surface area (Å²) in [5.74, 6) is -0.410. The van der Waals surface area contributed by atoms with Crippen molar-refractivity contribution in [2.24, 2.45) is 0 Å². The van der Waals surface area contributed by atoms with E-state index in [4.69, 9.17) is 0 Å². The van der Waals surface area contributed by atoms with Gasteiger partial charge < -0.3 is 15.5 Å². The SMILES string of the molecule is Cc1ccc(N(CC(=O)NCCc2ccccc2)C(=O)CCC(=O)Nc2ccccn2)c(C)c1. The van der Waals surface area contributed by atoms with Crippen molar-refractivity contribution in [2.75, 3.05) is 23.3 Å². The number of nitrogens with one attached hydrogen (secondary N) is 2. The maximum absolute atomic E-state index is 13.1. The summed E-state index contributed by atoms with van der Waals surface area (Å²) >= 11 is 0. The highest BCUT2D eigenvalue weighted by atomic mass is 16.2. The molecule has 0 unspecified atom stereocenters. The number of hydrogen-bond donors (Lipinski definition) is 2. The normalized spacial score (nSPS) is 10.4. The fourth-order valence-corrected chi connectivity index (χ4v) is 3.60. The molecule has 2 aromatic carbocycles. The summed E-state index contributed by atoms with van der Waals surface area (Å²) < 4.78 is 0. The summed E-state index contributed by atoms with van der Waals surface area (Å²) in [6.07, 6.45) is 2.26. The molecule has 0 saturated carbocycles. The van der Waals surface area contributed by atoms with E-state index in [-0.39, 0.29) is 37.1 Å². The van der Waals surface area contributed by atoms with Crippen LogP contribution < -0.4 is 15.5 Å². The van der Waals surface area contributed by atoms with Gasteiger partial charge in [0.15, 0.2) is 0 Å². The molecule has 0 saturated heterocycles. The zero-order valence-corrected chi connectivity index (χ0v) is 19.6. The average molecular weight is 459 g/mol. The second-order valence-electron chi connectivity index (χ2n) is 8.12. The monoisotopic (exact) mass is 458 g/mol. The fourth-order valence-electron chi connectivity index (χ4n) is 3.60. The Hall–Kier alpha value is -4.00. The smallest absolute Gasteiger partial charge is 0.240 e. The van der Waals surface area contributed by atoms with Crippen LogP contribution in [0, 0.1) is 13.8 Å². The summed E-state index contributed by atoms with van der Waals surface area (Å²) in [5, 5.41) is 5.57. The lowest BCUT2D eigenvalue weighted by molar-refractivity contribution is -0.125. The molecule has 0 radical (unpaired) electrons. The minimum atomic E-state index is -0.306. The van der Waals surface area contributed by atoms with Crippen molar-refractivity contribution in [1.82, 2.24) is 10.3 Å². The van der Waals surface area contributed by atoms with Gasteiger partial charge in [-0.15, -0.1) is 0 Å². The molecule has 3 rings (SSSR count). The Labute approximate surface area is 200 Å². The maximum Gasteiger partial charge on any atom is 0.240 e. The number of anilines is 2. The first-order chi connectivity index (χ1) is 16.4. The third-order valence-electron chi connectivity index (χ3n) is 5.32. The van der Waals surface area contributed by atoms with Crippen molar-refractivity contribution in [2.45, 2.75) is 33.1 Å². The molecule has 176 valence electrons. The van der Waals surface area contributed by atoms with Gasteiger partial charge in [-0.2, -0.15) is 0 Å². The Balaban J connectivity index is 1.62. The molecule has 0 bridgehead atoms. The predicted octanol–water partition coefficient (Wildman–Crippen LogP) is 3.81. The molecule has 0 atom stereocenters. The van der Waals surface area contributed by atoms with Crippen LogP contribution in [0.4, 0.5) is 11.5 Å². The van der Waals surface area contributed by atoms with Gasteiger partial charge in [-0.1, -0.05) is 54.1 Å². The van der Waals surface area contributed by atoms with Gasteiger partial charge in [0.1, 0.15) is 12.4 Å². The van der Waals surface area contributed by atoms with E-state index in [1.54, 1.807) is 24.4 Å². The summed E-state index contributed by atoms with van der Waals surface area (Å²) in [6, 6.07) is 20.8. The zero-order chi connectivity index (χ0) is 24.3. The molecule has 1 aromatic heterocycles. The molecule has 0 fully saturated rings. The summed E-state index contributed by atoms with van der Waals surface area (Å²) in [7, 11) is 0. The quantitative estimate of drug-likeness (QED) is 0.483. The van der Waals surface area contributed by atoms with Crippen LogP contribution in [0.15, 0.2) is 72.9 Å². The van der Waals surface area contributed by atoms with Gasteiger partial charge in [-0.3, -0.25) is 14.4 Å². The third-order valence-corrected chi connectivity index (χ3v) is 5.32. The molecular formula is C27H30N4O3. The number of aryl methyl sites for hydroxylation is 2. The molecule has 2 N–H and O–H groups in total. The lowest BCUT2D eigenvalue weighted by Crippen LogP contribution is -2.42. The van der Waals surface area contributed by atoms with Gasteiger partial charge in [0.2, 0.25) is 17.7 Å². The molecule has 3 aromatic rings. The zero-order valence-electron chi connectivity index (χ0n) is 19.6. The second kappa shape index (κ2) is 12.3. The highest BCUT2D eigenvalue weighted by molar-refractivity contribution is 6.01. The van der Waals surface area contributed by atoms with E-state index in [1.165, 1.54) is 4.90 Å². The molecule has 1 heterocycles. The van der Waals surface area contributed by atoms with Crippen LogP contribution in [0.25, 0.3) is 0 Å². The van der Waals surface area contributed by atoms with Crippen molar-refractivity contribution >= 4 is 29.2 Å². The molecule has 0 aliphatic carbocycles. The van der Waals surface area contributed by atoms with Crippen LogP contribution in [-0.2, 0) is 20.8 Å². The molecule has 7 nitrogen and oxygen atoms in total. The minimum Gasteiger partial charge on any atom is -0.354 e. The van der Waals surface area contributed by atoms with E-state index in [1.807, 2.05) is 62.4 Å². The van der Waals surface area contributed by atoms with Gasteiger partial charge in [0.25, 0.3) is 0 Å². The van der Waals surface area contributed by atoms with Gasteiger partial charge in [-0.25, -0.2) is 4.98 Å². The predicted molar refractivity (Wildman–Crippen MR) is 134 cm³/mol. The Bertz CT molecular complexity index is 1120. The molecular weight excluding hydrogens is 428 g/mol. The number of carbonyl (C=O) groups excluding carboxylic acids is 3. The lowest BCUT2D eigenvalue weighted by atomic mass is 10.1. The van der Waals surface area contributed by atoms with Crippen molar-refractivity contribution in [1.29, 1.82) is 0 Å². The van der Waals surface area contributed by atoms with Crippen LogP contribution in [-0.4, -0.2) is 35.8 Å². The van der Waals surface area contributed by atoms with Gasteiger partial charge in [0.05, 0.1) is 0 Å². The van der Waals surface area contributed by atoms with Crippen molar-refractivity contribution < 1.29 is 14.4 Å². The molecule has 34 heavy (non-hydrogen) atoms. The van der Waals surface area contributed by atoms with Crippen LogP contribution in [0.1, 0.15) is 29.5 Å². The standard InChI is InChI=1S/C27H30N4O3/c1-20-11-12-23(21(2)18-20)31(19-26(33)29-17-15-22-8-4-3-5-9-22)27(34)14-13-25(32)30-24-10-6-7-16-28-24/h3-12,16,18H,13-15,17,19H2,1-2H3,(H,29,33)(H,28,30,32). The van der Waals surface area contributed by atoms with Crippen LogP contribution >= 0.6 is 0 Å². The highest BCUT2D eigenvalue weighted by Gasteiger charge is 2.21. The summed E-state index contributed by atoms with van der Waals surface area (Å²) in [4.78, 5) is 43.6. The van der Waals surface area contributed by atoms with Gasteiger partial charge in [-0.05, 0) is 49.6 Å². The number of carbonyl (C=O) groups is 3. The largest absolute Gasteiger partial charge is 0.354 e. The number of amides is 3. The van der Waals surface area contributed by atoms with Crippen LogP contribution in [0.2, 0.25) is 0 Å². The number of rotatable bonds is 10. The second-order valence-corrected chi connectivity index (χ2v) is 8.12. The third kappa shape index (κ3) is 7.55. The average Bonchev–Trinajstić information content (AvgIpc) is 2.83. The number of pyridine rings is 1. The Morgan fingerprint density at radius 1 is 0.882 bits per heavy atom. The summed E-state index contributed by atoms with van der Waals surface area (Å²) in [6.45, 7) is 4.24. The number of benzene rings is 2. The molecule has 7 heteroatoms. The minimum absolute atomic E-state index is 0.00750. The Morgan fingerprint density at radius 2 is 1.65 bits per heavy atom. The van der Waals surface area contributed by atoms with E-state index in [0.29, 0.717) is 24.5 Å². The number of aromatic nitrogens is 1. The topological polar surface area (TPSA) is 91.4 Å². The first-order valence-electron chi connectivity index (χ1n) is 11.3. The summed E-state index contributed by atoms with van der Waals surface area (Å²) in [5.41, 5.74) is 3.75. The van der Waals surface area contributed by atoms with E-state index < -0.39 is 0 Å². The van der Waals surface area contributed by atoms with Crippen LogP contribution in [0.3, 0.4) is 0 Å². The van der Waals surface area contributed by atoms with Crippen molar-refractivity contribution in [3.05, 3.63) is 89.6 Å². The Morgan fingerprint density at radius 3 is 2.35 bits per heavy atom. The first kappa shape index (κ1) is 24.6. The maximum atomic E-state index is 13.1. The van der Waals surface area contributed by atoms with Crippen LogP contribution in [0.5, 0.6) is 0 Å². The fraction of sp³-hybridized carbons (Fsp3) is 0.259. The molecule has 0 aliphatic heterocycles. The van der Waals surface area contributed by atoms with Gasteiger partial charge in [0, 0.05) is 31.3 Å².